The van der Waals surface area contributed by atoms with Gasteiger partial charge in [0.1, 0.15) is 17.8 Å². The average Bonchev–Trinajstić information content (AvgIpc) is 3.03. The molecule has 110 valence electrons. The summed E-state index contributed by atoms with van der Waals surface area (Å²) in [6, 6.07) is 11.7. The van der Waals surface area contributed by atoms with E-state index in [0.717, 1.165) is 12.0 Å². The molecule has 5 nitrogen and oxygen atoms in total. The third-order valence-electron chi connectivity index (χ3n) is 3.09. The van der Waals surface area contributed by atoms with Crippen molar-refractivity contribution in [2.24, 2.45) is 0 Å². The van der Waals surface area contributed by atoms with E-state index < -0.39 is 0 Å². The monoisotopic (exact) mass is 310 g/mol. The van der Waals surface area contributed by atoms with Gasteiger partial charge in [0.2, 0.25) is 0 Å². The molecule has 0 bridgehead atoms. The zero-order valence-electron chi connectivity index (χ0n) is 11.8. The molecule has 0 saturated heterocycles. The summed E-state index contributed by atoms with van der Waals surface area (Å²) in [5, 5.41) is 5.49. The number of ketones is 1. The molecule has 3 rings (SSSR count). The summed E-state index contributed by atoms with van der Waals surface area (Å²) in [5.74, 6) is 0.712. The smallest absolute Gasteiger partial charge is 0.188 e. The van der Waals surface area contributed by atoms with Gasteiger partial charge in [-0.25, -0.2) is 15.0 Å². The number of nitrogens with zero attached hydrogens (tertiary/aromatic N) is 3. The number of anilines is 2. The first-order valence-corrected chi connectivity index (χ1v) is 7.75. The molecule has 1 aromatic carbocycles. The zero-order valence-corrected chi connectivity index (χ0v) is 12.6. The number of rotatable bonds is 6. The van der Waals surface area contributed by atoms with Crippen molar-refractivity contribution in [1.82, 2.24) is 15.0 Å². The number of benzene rings is 1. The van der Waals surface area contributed by atoms with Crippen molar-refractivity contribution in [2.45, 2.75) is 12.8 Å². The van der Waals surface area contributed by atoms with Crippen LogP contribution in [-0.4, -0.2) is 20.7 Å². The molecule has 0 amide bonds. The highest BCUT2D eigenvalue weighted by atomic mass is 32.1. The second-order valence-electron chi connectivity index (χ2n) is 4.67. The molecule has 0 unspecified atom stereocenters. The number of hydrogen-bond acceptors (Lipinski definition) is 6. The molecule has 0 aliphatic rings. The first kappa shape index (κ1) is 14.3. The van der Waals surface area contributed by atoms with Gasteiger partial charge in [0.15, 0.2) is 10.9 Å². The molecule has 6 heteroatoms. The van der Waals surface area contributed by atoms with Gasteiger partial charge in [-0.1, -0.05) is 30.3 Å². The summed E-state index contributed by atoms with van der Waals surface area (Å²) in [5.41, 5.74) is 1.66. The molecule has 0 fully saturated rings. The van der Waals surface area contributed by atoms with Gasteiger partial charge in [-0.2, -0.15) is 0 Å². The van der Waals surface area contributed by atoms with E-state index in [0.29, 0.717) is 23.1 Å². The van der Waals surface area contributed by atoms with Gasteiger partial charge < -0.3 is 5.32 Å². The third-order valence-corrected chi connectivity index (χ3v) is 3.85. The van der Waals surface area contributed by atoms with Crippen LogP contribution in [0.15, 0.2) is 54.3 Å². The Balaban J connectivity index is 1.60. The first-order chi connectivity index (χ1) is 10.8. The quantitative estimate of drug-likeness (QED) is 0.706. The van der Waals surface area contributed by atoms with Gasteiger partial charge in [-0.05, 0) is 18.1 Å². The highest BCUT2D eigenvalue weighted by molar-refractivity contribution is 7.14. The standard InChI is InChI=1S/C16H14N4OS/c21-14(7-6-12-4-2-1-3-5-12)13-10-22-16(19-13)20-15-8-9-17-11-18-15/h1-5,8-11H,6-7H2,(H,17,18,19,20). The number of Topliss-reactive ketones (excluding diaryl/α,β-unsaturated/α-hetero) is 1. The fraction of sp³-hybridized carbons (Fsp3) is 0.125. The molecule has 0 radical (unpaired) electrons. The lowest BCUT2D eigenvalue weighted by molar-refractivity contribution is 0.0979. The summed E-state index contributed by atoms with van der Waals surface area (Å²) in [7, 11) is 0. The normalized spacial score (nSPS) is 10.4. The van der Waals surface area contributed by atoms with E-state index >= 15 is 0 Å². The summed E-state index contributed by atoms with van der Waals surface area (Å²) in [4.78, 5) is 24.4. The van der Waals surface area contributed by atoms with E-state index in [9.17, 15) is 4.79 Å². The SMILES string of the molecule is O=C(CCc1ccccc1)c1csc(Nc2ccncn2)n1. The number of carbonyl (C=O) groups excluding carboxylic acids is 1. The van der Waals surface area contributed by atoms with E-state index in [1.807, 2.05) is 30.3 Å². The van der Waals surface area contributed by atoms with Crippen molar-refractivity contribution in [3.63, 3.8) is 0 Å². The Bertz CT molecular complexity index is 743. The van der Waals surface area contributed by atoms with E-state index in [1.54, 1.807) is 17.6 Å². The summed E-state index contributed by atoms with van der Waals surface area (Å²) >= 11 is 1.39. The molecule has 2 aromatic heterocycles. The molecule has 0 spiro atoms. The second-order valence-corrected chi connectivity index (χ2v) is 5.52. The van der Waals surface area contributed by atoms with Crippen LogP contribution < -0.4 is 5.32 Å². The number of aromatic nitrogens is 3. The predicted octanol–water partition coefficient (Wildman–Crippen LogP) is 3.49. The maximum Gasteiger partial charge on any atom is 0.188 e. The largest absolute Gasteiger partial charge is 0.316 e. The average molecular weight is 310 g/mol. The Morgan fingerprint density at radius 2 is 2.05 bits per heavy atom. The molecule has 0 aliphatic carbocycles. The fourth-order valence-electron chi connectivity index (χ4n) is 1.96. The Kier molecular flexibility index (Phi) is 4.50. The van der Waals surface area contributed by atoms with Crippen LogP contribution in [-0.2, 0) is 6.42 Å². The van der Waals surface area contributed by atoms with Crippen LogP contribution in [0.3, 0.4) is 0 Å². The lowest BCUT2D eigenvalue weighted by atomic mass is 10.1. The summed E-state index contributed by atoms with van der Waals surface area (Å²) < 4.78 is 0. The summed E-state index contributed by atoms with van der Waals surface area (Å²) in [6.45, 7) is 0. The van der Waals surface area contributed by atoms with Crippen LogP contribution in [0.1, 0.15) is 22.5 Å². The first-order valence-electron chi connectivity index (χ1n) is 6.87. The van der Waals surface area contributed by atoms with Crippen molar-refractivity contribution in [3.8, 4) is 0 Å². The fourth-order valence-corrected chi connectivity index (χ4v) is 2.69. The van der Waals surface area contributed by atoms with E-state index in [4.69, 9.17) is 0 Å². The van der Waals surface area contributed by atoms with Crippen LogP contribution in [0.2, 0.25) is 0 Å². The minimum atomic E-state index is 0.0517. The maximum atomic E-state index is 12.2. The number of thiazole rings is 1. The van der Waals surface area contributed by atoms with E-state index in [1.165, 1.54) is 17.7 Å². The van der Waals surface area contributed by atoms with Crippen LogP contribution >= 0.6 is 11.3 Å². The molecule has 22 heavy (non-hydrogen) atoms. The Morgan fingerprint density at radius 1 is 1.18 bits per heavy atom. The van der Waals surface area contributed by atoms with Crippen molar-refractivity contribution < 1.29 is 4.79 Å². The Labute approximate surface area is 132 Å². The molecule has 1 N–H and O–H groups in total. The highest BCUT2D eigenvalue weighted by Gasteiger charge is 2.11. The molecule has 0 aliphatic heterocycles. The number of aryl methyl sites for hydroxylation is 1. The predicted molar refractivity (Wildman–Crippen MR) is 86.5 cm³/mol. The van der Waals surface area contributed by atoms with E-state index in [2.05, 4.69) is 20.3 Å². The zero-order chi connectivity index (χ0) is 15.2. The Hall–Kier alpha value is -2.60. The van der Waals surface area contributed by atoms with Crippen molar-refractivity contribution in [3.05, 3.63) is 65.6 Å². The second kappa shape index (κ2) is 6.91. The molecular formula is C16H14N4OS. The number of carbonyl (C=O) groups is 1. The lowest BCUT2D eigenvalue weighted by Crippen LogP contribution is -2.02. The maximum absolute atomic E-state index is 12.2. The minimum Gasteiger partial charge on any atom is -0.316 e. The van der Waals surface area contributed by atoms with Crippen molar-refractivity contribution in [1.29, 1.82) is 0 Å². The minimum absolute atomic E-state index is 0.0517. The molecular weight excluding hydrogens is 296 g/mol. The van der Waals surface area contributed by atoms with Crippen molar-refractivity contribution >= 4 is 28.1 Å². The molecule has 2 heterocycles. The number of hydrogen-bond donors (Lipinski definition) is 1. The highest BCUT2D eigenvalue weighted by Crippen LogP contribution is 2.20. The summed E-state index contributed by atoms with van der Waals surface area (Å²) in [6.07, 6.45) is 4.29. The van der Waals surface area contributed by atoms with Crippen LogP contribution in [0.5, 0.6) is 0 Å². The van der Waals surface area contributed by atoms with Gasteiger partial charge >= 0.3 is 0 Å². The van der Waals surface area contributed by atoms with Crippen LogP contribution in [0, 0.1) is 0 Å². The lowest BCUT2D eigenvalue weighted by Gasteiger charge is -2.00. The van der Waals surface area contributed by atoms with Gasteiger partial charge in [0.25, 0.3) is 0 Å². The third kappa shape index (κ3) is 3.73. The van der Waals surface area contributed by atoms with E-state index in [-0.39, 0.29) is 5.78 Å². The van der Waals surface area contributed by atoms with Crippen LogP contribution in [0.4, 0.5) is 10.9 Å². The topological polar surface area (TPSA) is 67.8 Å². The van der Waals surface area contributed by atoms with Gasteiger partial charge in [0, 0.05) is 18.0 Å². The number of nitrogens with one attached hydrogen (secondary N) is 1. The van der Waals surface area contributed by atoms with Crippen molar-refractivity contribution in [2.75, 3.05) is 5.32 Å². The molecule has 3 aromatic rings. The van der Waals surface area contributed by atoms with Gasteiger partial charge in [-0.15, -0.1) is 11.3 Å². The van der Waals surface area contributed by atoms with Gasteiger partial charge in [0.05, 0.1) is 0 Å². The molecule has 0 atom stereocenters. The Morgan fingerprint density at radius 3 is 2.82 bits per heavy atom. The molecule has 0 saturated carbocycles. The van der Waals surface area contributed by atoms with Crippen LogP contribution in [0.25, 0.3) is 0 Å². The van der Waals surface area contributed by atoms with Gasteiger partial charge in [-0.3, -0.25) is 4.79 Å².